The van der Waals surface area contributed by atoms with Gasteiger partial charge in [-0.1, -0.05) is 11.6 Å². The van der Waals surface area contributed by atoms with Crippen molar-refractivity contribution < 1.29 is 9.53 Å². The number of pyridine rings is 1. The molecular formula is C15H21ClN2O2. The van der Waals surface area contributed by atoms with Gasteiger partial charge >= 0.3 is 5.97 Å². The van der Waals surface area contributed by atoms with Crippen LogP contribution in [0, 0.1) is 0 Å². The van der Waals surface area contributed by atoms with Gasteiger partial charge < -0.3 is 4.74 Å². The van der Waals surface area contributed by atoms with Gasteiger partial charge in [0.05, 0.1) is 0 Å². The van der Waals surface area contributed by atoms with Crippen molar-refractivity contribution >= 4 is 17.6 Å². The molecule has 0 radical (unpaired) electrons. The van der Waals surface area contributed by atoms with Crippen molar-refractivity contribution in [1.82, 2.24) is 9.88 Å². The highest BCUT2D eigenvalue weighted by atomic mass is 35.5. The Labute approximate surface area is 125 Å². The van der Waals surface area contributed by atoms with Gasteiger partial charge in [0.15, 0.2) is 0 Å². The molecule has 0 saturated carbocycles. The van der Waals surface area contributed by atoms with Crippen molar-refractivity contribution in [2.24, 2.45) is 0 Å². The zero-order valence-corrected chi connectivity index (χ0v) is 13.0. The third-order valence-corrected chi connectivity index (χ3v) is 3.43. The van der Waals surface area contributed by atoms with Crippen LogP contribution >= 0.6 is 11.6 Å². The molecule has 2 heterocycles. The quantitative estimate of drug-likeness (QED) is 0.635. The van der Waals surface area contributed by atoms with E-state index in [4.69, 9.17) is 16.3 Å². The van der Waals surface area contributed by atoms with Gasteiger partial charge in [-0.2, -0.15) is 0 Å². The molecule has 20 heavy (non-hydrogen) atoms. The molecular weight excluding hydrogens is 276 g/mol. The standard InChI is InChI=1S/C15H21ClN2O2/c1-15(2,3)20-14(19)12-5-4-8-18(12)10-11-6-7-17-13(16)9-11/h6-7,9,12H,4-5,8,10H2,1-3H3/t12-/m1/s1. The zero-order chi connectivity index (χ0) is 14.8. The Kier molecular flexibility index (Phi) is 4.66. The summed E-state index contributed by atoms with van der Waals surface area (Å²) in [6.45, 7) is 7.29. The number of hydrogen-bond donors (Lipinski definition) is 0. The summed E-state index contributed by atoms with van der Waals surface area (Å²) in [7, 11) is 0. The van der Waals surface area contributed by atoms with E-state index < -0.39 is 5.60 Å². The lowest BCUT2D eigenvalue weighted by atomic mass is 10.1. The molecule has 1 saturated heterocycles. The highest BCUT2D eigenvalue weighted by Crippen LogP contribution is 2.23. The number of likely N-dealkylation sites (tertiary alicyclic amines) is 1. The molecule has 0 aromatic carbocycles. The van der Waals surface area contributed by atoms with Crippen molar-refractivity contribution in [3.63, 3.8) is 0 Å². The van der Waals surface area contributed by atoms with E-state index in [0.29, 0.717) is 11.7 Å². The lowest BCUT2D eigenvalue weighted by Gasteiger charge is -2.27. The van der Waals surface area contributed by atoms with E-state index in [0.717, 1.165) is 24.9 Å². The predicted octanol–water partition coefficient (Wildman–Crippen LogP) is 3.04. The summed E-state index contributed by atoms with van der Waals surface area (Å²) < 4.78 is 5.49. The maximum atomic E-state index is 12.2. The lowest BCUT2D eigenvalue weighted by Crippen LogP contribution is -2.40. The van der Waals surface area contributed by atoms with Crippen LogP contribution in [0.25, 0.3) is 0 Å². The molecule has 1 aliphatic rings. The Morgan fingerprint density at radius 3 is 2.95 bits per heavy atom. The van der Waals surface area contributed by atoms with Crippen LogP contribution in [0.1, 0.15) is 39.2 Å². The van der Waals surface area contributed by atoms with Crippen molar-refractivity contribution in [3.8, 4) is 0 Å². The second-order valence-corrected chi connectivity index (χ2v) is 6.54. The number of esters is 1. The monoisotopic (exact) mass is 296 g/mol. The van der Waals surface area contributed by atoms with Crippen molar-refractivity contribution in [2.45, 2.75) is 51.8 Å². The fourth-order valence-corrected chi connectivity index (χ4v) is 2.62. The normalized spacial score (nSPS) is 20.1. The van der Waals surface area contributed by atoms with E-state index in [-0.39, 0.29) is 12.0 Å². The second kappa shape index (κ2) is 6.10. The summed E-state index contributed by atoms with van der Waals surface area (Å²) >= 11 is 5.90. The van der Waals surface area contributed by atoms with E-state index >= 15 is 0 Å². The smallest absolute Gasteiger partial charge is 0.323 e. The summed E-state index contributed by atoms with van der Waals surface area (Å²) in [5.74, 6) is -0.129. The van der Waals surface area contributed by atoms with Gasteiger partial charge in [0, 0.05) is 12.7 Å². The average molecular weight is 297 g/mol. The molecule has 0 aliphatic carbocycles. The average Bonchev–Trinajstić information content (AvgIpc) is 2.75. The van der Waals surface area contributed by atoms with Crippen LogP contribution in [0.5, 0.6) is 0 Å². The first kappa shape index (κ1) is 15.3. The summed E-state index contributed by atoms with van der Waals surface area (Å²) in [5, 5.41) is 0.482. The van der Waals surface area contributed by atoms with Crippen LogP contribution < -0.4 is 0 Å². The number of ether oxygens (including phenoxy) is 1. The number of hydrogen-bond acceptors (Lipinski definition) is 4. The fourth-order valence-electron chi connectivity index (χ4n) is 2.43. The van der Waals surface area contributed by atoms with Gasteiger partial charge in [0.1, 0.15) is 16.8 Å². The Morgan fingerprint density at radius 2 is 2.30 bits per heavy atom. The van der Waals surface area contributed by atoms with Crippen molar-refractivity contribution in [3.05, 3.63) is 29.0 Å². The Morgan fingerprint density at radius 1 is 1.55 bits per heavy atom. The minimum atomic E-state index is -0.439. The summed E-state index contributed by atoms with van der Waals surface area (Å²) in [6.07, 6.45) is 3.56. The highest BCUT2D eigenvalue weighted by molar-refractivity contribution is 6.29. The van der Waals surface area contributed by atoms with Gasteiger partial charge in [-0.25, -0.2) is 4.98 Å². The molecule has 1 aromatic rings. The number of halogens is 1. The van der Waals surface area contributed by atoms with Gasteiger partial charge in [-0.3, -0.25) is 9.69 Å². The molecule has 4 nitrogen and oxygen atoms in total. The van der Waals surface area contributed by atoms with Crippen LogP contribution in [-0.4, -0.2) is 34.0 Å². The molecule has 1 aromatic heterocycles. The third-order valence-electron chi connectivity index (χ3n) is 3.22. The van der Waals surface area contributed by atoms with Gasteiger partial charge in [0.25, 0.3) is 0 Å². The molecule has 0 amide bonds. The fraction of sp³-hybridized carbons (Fsp3) is 0.600. The molecule has 5 heteroatoms. The highest BCUT2D eigenvalue weighted by Gasteiger charge is 2.33. The summed E-state index contributed by atoms with van der Waals surface area (Å²) in [6, 6.07) is 3.61. The van der Waals surface area contributed by atoms with Crippen molar-refractivity contribution in [2.75, 3.05) is 6.54 Å². The zero-order valence-electron chi connectivity index (χ0n) is 12.2. The molecule has 0 unspecified atom stereocenters. The molecule has 110 valence electrons. The van der Waals surface area contributed by atoms with Crippen LogP contribution in [0.3, 0.4) is 0 Å². The van der Waals surface area contributed by atoms with Gasteiger partial charge in [-0.15, -0.1) is 0 Å². The largest absolute Gasteiger partial charge is 0.459 e. The van der Waals surface area contributed by atoms with E-state index in [2.05, 4.69) is 9.88 Å². The first-order chi connectivity index (χ1) is 9.35. The second-order valence-electron chi connectivity index (χ2n) is 6.15. The molecule has 0 bridgehead atoms. The summed E-state index contributed by atoms with van der Waals surface area (Å²) in [5.41, 5.74) is 0.631. The van der Waals surface area contributed by atoms with Crippen LogP contribution in [-0.2, 0) is 16.1 Å². The summed E-state index contributed by atoms with van der Waals surface area (Å²) in [4.78, 5) is 18.4. The molecule has 1 aliphatic heterocycles. The minimum Gasteiger partial charge on any atom is -0.459 e. The van der Waals surface area contributed by atoms with Gasteiger partial charge in [0.2, 0.25) is 0 Å². The van der Waals surface area contributed by atoms with Crippen LogP contribution in [0.15, 0.2) is 18.3 Å². The first-order valence-corrected chi connectivity index (χ1v) is 7.30. The van der Waals surface area contributed by atoms with Crippen LogP contribution in [0.2, 0.25) is 5.15 Å². The number of nitrogens with zero attached hydrogens (tertiary/aromatic N) is 2. The first-order valence-electron chi connectivity index (χ1n) is 6.92. The lowest BCUT2D eigenvalue weighted by molar-refractivity contribution is -0.160. The van der Waals surface area contributed by atoms with E-state index in [1.54, 1.807) is 6.20 Å². The Bertz CT molecular complexity index is 485. The number of rotatable bonds is 3. The molecule has 2 rings (SSSR count). The molecule has 1 atom stereocenters. The number of carbonyl (C=O) groups is 1. The van der Waals surface area contributed by atoms with Crippen LogP contribution in [0.4, 0.5) is 0 Å². The predicted molar refractivity (Wildman–Crippen MR) is 78.5 cm³/mol. The van der Waals surface area contributed by atoms with E-state index in [1.807, 2.05) is 32.9 Å². The third kappa shape index (κ3) is 4.18. The molecule has 0 N–H and O–H groups in total. The maximum absolute atomic E-state index is 12.2. The Balaban J connectivity index is 2.02. The maximum Gasteiger partial charge on any atom is 0.323 e. The number of aromatic nitrogens is 1. The van der Waals surface area contributed by atoms with Gasteiger partial charge in [-0.05, 0) is 57.9 Å². The number of carbonyl (C=O) groups excluding carboxylic acids is 1. The minimum absolute atomic E-state index is 0.129. The Hall–Kier alpha value is -1.13. The molecule has 0 spiro atoms. The van der Waals surface area contributed by atoms with Crippen molar-refractivity contribution in [1.29, 1.82) is 0 Å². The molecule has 1 fully saturated rings. The van der Waals surface area contributed by atoms with E-state index in [9.17, 15) is 4.79 Å². The van der Waals surface area contributed by atoms with E-state index in [1.165, 1.54) is 0 Å². The SMILES string of the molecule is CC(C)(C)OC(=O)[C@H]1CCCN1Cc1ccnc(Cl)c1. The topological polar surface area (TPSA) is 42.4 Å².